The minimum Gasteiger partial charge on any atom is -0.405 e. The van der Waals surface area contributed by atoms with Gasteiger partial charge in [0.25, 0.3) is 0 Å². The molecule has 0 radical (unpaired) electrons. The average molecular weight is 528 g/mol. The lowest BCUT2D eigenvalue weighted by Gasteiger charge is -2.36. The minimum atomic E-state index is -4.58. The Morgan fingerprint density at radius 2 is 1.68 bits per heavy atom. The summed E-state index contributed by atoms with van der Waals surface area (Å²) >= 11 is 1.58. The second-order valence-corrected chi connectivity index (χ2v) is 9.93. The molecule has 194 valence electrons. The molecule has 1 aliphatic heterocycles. The molecule has 0 aromatic heterocycles. The van der Waals surface area contributed by atoms with Crippen molar-refractivity contribution in [1.29, 1.82) is 5.26 Å². The van der Waals surface area contributed by atoms with Crippen LogP contribution in [0.15, 0.2) is 90.5 Å². The van der Waals surface area contributed by atoms with Crippen LogP contribution in [0.2, 0.25) is 0 Å². The summed E-state index contributed by atoms with van der Waals surface area (Å²) in [6.45, 7) is 4.72. The summed E-state index contributed by atoms with van der Waals surface area (Å²) in [5.41, 5.74) is 5.10. The normalized spacial score (nSPS) is 15.2. The van der Waals surface area contributed by atoms with E-state index in [9.17, 15) is 22.8 Å². The predicted octanol–water partition coefficient (Wildman–Crippen LogP) is 7.55. The second kappa shape index (κ2) is 13.3. The molecule has 3 aromatic rings. The maximum Gasteiger partial charge on any atom is 0.417 e. The molecular weight excluding hydrogens is 498 g/mol. The number of hydrogen-bond donors (Lipinski definition) is 1. The van der Waals surface area contributed by atoms with Gasteiger partial charge in [0.15, 0.2) is 0 Å². The summed E-state index contributed by atoms with van der Waals surface area (Å²) < 4.78 is 56.4. The maximum absolute atomic E-state index is 13.6. The van der Waals surface area contributed by atoms with Crippen molar-refractivity contribution in [1.82, 2.24) is 4.31 Å². The van der Waals surface area contributed by atoms with Gasteiger partial charge in [-0.2, -0.15) is 18.4 Å². The van der Waals surface area contributed by atoms with Crippen LogP contribution in [0.4, 0.5) is 17.6 Å². The minimum absolute atomic E-state index is 0.0887. The van der Waals surface area contributed by atoms with Gasteiger partial charge in [0.1, 0.15) is 5.82 Å². The Labute approximate surface area is 219 Å². The van der Waals surface area contributed by atoms with E-state index in [0.29, 0.717) is 12.0 Å². The first kappa shape index (κ1) is 28.3. The number of alkyl halides is 3. The van der Waals surface area contributed by atoms with E-state index in [1.54, 1.807) is 36.2 Å². The van der Waals surface area contributed by atoms with Gasteiger partial charge in [0, 0.05) is 18.0 Å². The first-order valence-electron chi connectivity index (χ1n) is 11.9. The van der Waals surface area contributed by atoms with E-state index in [4.69, 9.17) is 0 Å². The molecule has 3 nitrogen and oxygen atoms in total. The molecule has 8 heteroatoms. The summed E-state index contributed by atoms with van der Waals surface area (Å²) in [4.78, 5) is 0.961. The first-order valence-corrected chi connectivity index (χ1v) is 12.7. The Balaban J connectivity index is 0.00000121. The van der Waals surface area contributed by atoms with E-state index in [2.05, 4.69) is 16.6 Å². The molecule has 37 heavy (non-hydrogen) atoms. The third-order valence-electron chi connectivity index (χ3n) is 6.31. The fourth-order valence-electron chi connectivity index (χ4n) is 4.56. The number of hydrogen-bond acceptors (Lipinski definition) is 4. The van der Waals surface area contributed by atoms with Gasteiger partial charge < -0.3 is 5.73 Å². The van der Waals surface area contributed by atoms with Gasteiger partial charge in [-0.05, 0) is 96.8 Å². The Hall–Kier alpha value is -3.28. The zero-order valence-corrected chi connectivity index (χ0v) is 21.1. The van der Waals surface area contributed by atoms with Crippen molar-refractivity contribution in [3.63, 3.8) is 0 Å². The van der Waals surface area contributed by atoms with Crippen molar-refractivity contribution in [3.05, 3.63) is 114 Å². The van der Waals surface area contributed by atoms with Gasteiger partial charge >= 0.3 is 6.18 Å². The highest BCUT2D eigenvalue weighted by molar-refractivity contribution is 7.97. The van der Waals surface area contributed by atoms with Crippen LogP contribution >= 0.6 is 11.9 Å². The van der Waals surface area contributed by atoms with Crippen LogP contribution in [0, 0.1) is 23.1 Å². The Kier molecular flexibility index (Phi) is 10.2. The molecule has 0 spiro atoms. The van der Waals surface area contributed by atoms with Gasteiger partial charge in [-0.1, -0.05) is 43.0 Å². The number of nitriles is 1. The van der Waals surface area contributed by atoms with Gasteiger partial charge in [-0.25, -0.2) is 8.70 Å². The van der Waals surface area contributed by atoms with E-state index in [0.717, 1.165) is 36.4 Å². The number of halogens is 4. The standard InChI is InChI=1S/C27H24F4N2S.C2H5N/c28-23-8-10-24(11-9-23)34-33-14-12-20(13-15-33)25(16-19-4-2-1-3-5-19)21-6-7-22(18-32)26(17-21)27(29,30)31;1-2-3/h1-11,17,20,25H,12-16H2;2H,1,3H2. The number of nitrogens with two attached hydrogens (primary N) is 1. The molecule has 1 aliphatic rings. The molecule has 4 rings (SSSR count). The molecule has 3 aromatic carbocycles. The molecule has 2 N–H and O–H groups in total. The van der Waals surface area contributed by atoms with E-state index in [-0.39, 0.29) is 23.2 Å². The molecule has 0 amide bonds. The van der Waals surface area contributed by atoms with Crippen LogP contribution in [0.1, 0.15) is 41.0 Å². The van der Waals surface area contributed by atoms with Gasteiger partial charge in [0.2, 0.25) is 0 Å². The predicted molar refractivity (Wildman–Crippen MR) is 140 cm³/mol. The molecule has 0 saturated carbocycles. The highest BCUT2D eigenvalue weighted by Gasteiger charge is 2.35. The second-order valence-electron chi connectivity index (χ2n) is 8.76. The largest absolute Gasteiger partial charge is 0.417 e. The van der Waals surface area contributed by atoms with Crippen LogP contribution < -0.4 is 5.73 Å². The topological polar surface area (TPSA) is 53.1 Å². The molecule has 1 fully saturated rings. The van der Waals surface area contributed by atoms with Crippen molar-refractivity contribution in [2.75, 3.05) is 13.1 Å². The monoisotopic (exact) mass is 527 g/mol. The summed E-state index contributed by atoms with van der Waals surface area (Å²) in [7, 11) is 0. The zero-order chi connectivity index (χ0) is 26.8. The SMILES string of the molecule is C=CN.N#Cc1ccc(C(Cc2ccccc2)C2CCN(Sc3ccc(F)cc3)CC2)cc1C(F)(F)F. The Morgan fingerprint density at radius 3 is 2.24 bits per heavy atom. The van der Waals surface area contributed by atoms with Crippen molar-refractivity contribution in [2.45, 2.75) is 36.3 Å². The molecule has 0 aliphatic carbocycles. The van der Waals surface area contributed by atoms with E-state index >= 15 is 0 Å². The van der Waals surface area contributed by atoms with E-state index in [1.807, 2.05) is 30.3 Å². The molecule has 0 bridgehead atoms. The van der Waals surface area contributed by atoms with Crippen LogP contribution in [-0.4, -0.2) is 17.4 Å². The molecule has 1 heterocycles. The summed E-state index contributed by atoms with van der Waals surface area (Å²) in [5.74, 6) is -0.152. The van der Waals surface area contributed by atoms with Gasteiger partial charge in [-0.15, -0.1) is 0 Å². The molecular formula is C29H29F4N3S. The van der Waals surface area contributed by atoms with Crippen LogP contribution in [0.25, 0.3) is 0 Å². The van der Waals surface area contributed by atoms with Crippen molar-refractivity contribution in [3.8, 4) is 6.07 Å². The summed E-state index contributed by atoms with van der Waals surface area (Å²) in [6.07, 6.45) is -1.01. The molecule has 1 saturated heterocycles. The Bertz CT molecular complexity index is 1180. The van der Waals surface area contributed by atoms with E-state index in [1.165, 1.54) is 30.5 Å². The summed E-state index contributed by atoms with van der Waals surface area (Å²) in [6, 6.07) is 22.0. The smallest absolute Gasteiger partial charge is 0.405 e. The van der Waals surface area contributed by atoms with Crippen molar-refractivity contribution < 1.29 is 17.6 Å². The number of nitrogens with zero attached hydrogens (tertiary/aromatic N) is 2. The fraction of sp³-hybridized carbons (Fsp3) is 0.276. The van der Waals surface area contributed by atoms with Crippen molar-refractivity contribution in [2.24, 2.45) is 11.7 Å². The van der Waals surface area contributed by atoms with Crippen LogP contribution in [0.5, 0.6) is 0 Å². The highest BCUT2D eigenvalue weighted by Crippen LogP contribution is 2.40. The third kappa shape index (κ3) is 8.11. The van der Waals surface area contributed by atoms with Crippen LogP contribution in [0.3, 0.4) is 0 Å². The highest BCUT2D eigenvalue weighted by atomic mass is 32.2. The lowest BCUT2D eigenvalue weighted by atomic mass is 9.76. The quantitative estimate of drug-likeness (QED) is 0.266. The zero-order valence-electron chi connectivity index (χ0n) is 20.3. The van der Waals surface area contributed by atoms with E-state index < -0.39 is 11.7 Å². The third-order valence-corrected chi connectivity index (χ3v) is 7.42. The Morgan fingerprint density at radius 1 is 1.05 bits per heavy atom. The average Bonchev–Trinajstić information content (AvgIpc) is 2.89. The lowest BCUT2D eigenvalue weighted by Crippen LogP contribution is -2.32. The van der Waals surface area contributed by atoms with Crippen LogP contribution in [-0.2, 0) is 12.6 Å². The van der Waals surface area contributed by atoms with Crippen molar-refractivity contribution >= 4 is 11.9 Å². The van der Waals surface area contributed by atoms with Gasteiger partial charge in [0.05, 0.1) is 17.2 Å². The number of piperidine rings is 1. The lowest BCUT2D eigenvalue weighted by molar-refractivity contribution is -0.137. The fourth-order valence-corrected chi connectivity index (χ4v) is 5.51. The maximum atomic E-state index is 13.6. The number of benzene rings is 3. The van der Waals surface area contributed by atoms with Gasteiger partial charge in [-0.3, -0.25) is 0 Å². The first-order chi connectivity index (χ1) is 17.7. The number of rotatable bonds is 6. The summed E-state index contributed by atoms with van der Waals surface area (Å²) in [5, 5.41) is 9.18. The molecule has 1 unspecified atom stereocenters. The molecule has 1 atom stereocenters.